The number of Topliss-reactive ketones (excluding diaryl/α,β-unsaturated/α-hetero) is 1. The molecule has 144 valence electrons. The molecule has 1 amide bonds. The minimum absolute atomic E-state index is 0.0916. The second-order valence-corrected chi connectivity index (χ2v) is 7.31. The van der Waals surface area contributed by atoms with E-state index in [9.17, 15) is 19.1 Å². The zero-order chi connectivity index (χ0) is 20.5. The molecule has 0 unspecified atom stereocenters. The van der Waals surface area contributed by atoms with Gasteiger partial charge in [-0.3, -0.25) is 14.5 Å². The number of aromatic nitrogens is 1. The van der Waals surface area contributed by atoms with Gasteiger partial charge in [-0.2, -0.15) is 0 Å². The highest BCUT2D eigenvalue weighted by Gasteiger charge is 2.48. The third-order valence-electron chi connectivity index (χ3n) is 4.65. The molecule has 1 aliphatic heterocycles. The highest BCUT2D eigenvalue weighted by atomic mass is 79.9. The molecule has 4 rings (SSSR count). The lowest BCUT2D eigenvalue weighted by Gasteiger charge is -2.24. The van der Waals surface area contributed by atoms with Crippen LogP contribution >= 0.6 is 15.9 Å². The Hall–Kier alpha value is -3.32. The van der Waals surface area contributed by atoms with Gasteiger partial charge in [-0.25, -0.2) is 9.37 Å². The van der Waals surface area contributed by atoms with Crippen molar-refractivity contribution in [2.45, 2.75) is 6.04 Å². The first kappa shape index (κ1) is 19.0. The number of nitrogens with zero attached hydrogens (tertiary/aromatic N) is 2. The van der Waals surface area contributed by atoms with Crippen molar-refractivity contribution >= 4 is 39.2 Å². The van der Waals surface area contributed by atoms with Gasteiger partial charge in [0.1, 0.15) is 17.4 Å². The van der Waals surface area contributed by atoms with Gasteiger partial charge < -0.3 is 5.11 Å². The van der Waals surface area contributed by atoms with Gasteiger partial charge in [0.25, 0.3) is 5.78 Å². The number of carbonyl (C=O) groups excluding carboxylic acids is 2. The second kappa shape index (κ2) is 7.60. The predicted octanol–water partition coefficient (Wildman–Crippen LogP) is 4.61. The Kier molecular flexibility index (Phi) is 4.98. The third kappa shape index (κ3) is 3.34. The first-order chi connectivity index (χ1) is 14.0. The molecule has 2 heterocycles. The number of hydrogen-bond donors (Lipinski definition) is 1. The van der Waals surface area contributed by atoms with E-state index in [1.807, 2.05) is 0 Å². The Labute approximate surface area is 174 Å². The van der Waals surface area contributed by atoms with Crippen molar-refractivity contribution < 1.29 is 19.1 Å². The molecule has 3 aromatic rings. The van der Waals surface area contributed by atoms with E-state index >= 15 is 0 Å². The Balaban J connectivity index is 1.97. The average Bonchev–Trinajstić information content (AvgIpc) is 3.00. The third-order valence-corrected chi connectivity index (χ3v) is 5.12. The number of hydrogen-bond acceptors (Lipinski definition) is 4. The molecular weight excluding hydrogens is 439 g/mol. The van der Waals surface area contributed by atoms with Crippen LogP contribution in [0.5, 0.6) is 0 Å². The lowest BCUT2D eigenvalue weighted by Crippen LogP contribution is -2.30. The molecule has 1 aromatic heterocycles. The topological polar surface area (TPSA) is 70.5 Å². The van der Waals surface area contributed by atoms with E-state index in [4.69, 9.17) is 0 Å². The zero-order valence-electron chi connectivity index (χ0n) is 14.9. The number of ketones is 1. The maximum absolute atomic E-state index is 14.7. The Bertz CT molecular complexity index is 1130. The smallest absolute Gasteiger partial charge is 0.301 e. The molecule has 0 saturated carbocycles. The molecule has 1 aliphatic rings. The van der Waals surface area contributed by atoms with Gasteiger partial charge in [0.2, 0.25) is 0 Å². The molecule has 29 heavy (non-hydrogen) atoms. The molecule has 0 aliphatic carbocycles. The number of rotatable bonds is 3. The standard InChI is InChI=1S/C22H14BrFN2O3/c23-14-10-11-17(25-12-14)26-19(15-8-4-5-9-16(15)24)18(21(28)22(26)29)20(27)13-6-2-1-3-7-13/h1-12,19,27H/t19-/m0/s1. The van der Waals surface area contributed by atoms with Gasteiger partial charge in [-0.15, -0.1) is 0 Å². The fraction of sp³-hybridized carbons (Fsp3) is 0.0455. The van der Waals surface area contributed by atoms with Crippen LogP contribution in [0.2, 0.25) is 0 Å². The Morgan fingerprint density at radius 2 is 1.69 bits per heavy atom. The predicted molar refractivity (Wildman–Crippen MR) is 110 cm³/mol. The summed E-state index contributed by atoms with van der Waals surface area (Å²) in [7, 11) is 0. The summed E-state index contributed by atoms with van der Waals surface area (Å²) in [6.45, 7) is 0. The van der Waals surface area contributed by atoms with Crippen molar-refractivity contribution in [2.24, 2.45) is 0 Å². The Morgan fingerprint density at radius 1 is 1.00 bits per heavy atom. The van der Waals surface area contributed by atoms with E-state index in [-0.39, 0.29) is 22.7 Å². The van der Waals surface area contributed by atoms with Crippen molar-refractivity contribution in [3.8, 4) is 0 Å². The van der Waals surface area contributed by atoms with Gasteiger partial charge in [-0.05, 0) is 34.1 Å². The highest BCUT2D eigenvalue weighted by molar-refractivity contribution is 9.10. The quantitative estimate of drug-likeness (QED) is 0.357. The summed E-state index contributed by atoms with van der Waals surface area (Å²) in [5.41, 5.74) is 0.264. The number of aliphatic hydroxyl groups excluding tert-OH is 1. The molecule has 0 bridgehead atoms. The van der Waals surface area contributed by atoms with Gasteiger partial charge in [-0.1, -0.05) is 48.5 Å². The molecule has 1 atom stereocenters. The van der Waals surface area contributed by atoms with E-state index in [1.54, 1.807) is 48.5 Å². The van der Waals surface area contributed by atoms with Crippen LogP contribution in [0.1, 0.15) is 17.2 Å². The summed E-state index contributed by atoms with van der Waals surface area (Å²) in [4.78, 5) is 31.1. The maximum Gasteiger partial charge on any atom is 0.301 e. The fourth-order valence-electron chi connectivity index (χ4n) is 3.32. The fourth-order valence-corrected chi connectivity index (χ4v) is 3.56. The average molecular weight is 453 g/mol. The van der Waals surface area contributed by atoms with Crippen LogP contribution in [0.4, 0.5) is 10.2 Å². The number of anilines is 1. The molecule has 1 saturated heterocycles. The molecule has 2 aromatic carbocycles. The molecule has 0 radical (unpaired) electrons. The first-order valence-electron chi connectivity index (χ1n) is 8.71. The monoisotopic (exact) mass is 452 g/mol. The largest absolute Gasteiger partial charge is 0.507 e. The van der Waals surface area contributed by atoms with Crippen molar-refractivity contribution in [3.05, 3.63) is 99.9 Å². The van der Waals surface area contributed by atoms with E-state index in [0.717, 1.165) is 4.90 Å². The van der Waals surface area contributed by atoms with Crippen LogP contribution in [0, 0.1) is 5.82 Å². The number of carbonyl (C=O) groups is 2. The van der Waals surface area contributed by atoms with E-state index in [2.05, 4.69) is 20.9 Å². The number of benzene rings is 2. The van der Waals surface area contributed by atoms with Crippen molar-refractivity contribution in [1.82, 2.24) is 4.98 Å². The van der Waals surface area contributed by atoms with Crippen LogP contribution < -0.4 is 4.90 Å². The molecule has 7 heteroatoms. The summed E-state index contributed by atoms with van der Waals surface area (Å²) >= 11 is 3.28. The zero-order valence-corrected chi connectivity index (χ0v) is 16.5. The minimum Gasteiger partial charge on any atom is -0.507 e. The summed E-state index contributed by atoms with van der Waals surface area (Å²) in [6, 6.07) is 16.3. The number of aliphatic hydroxyl groups is 1. The van der Waals surface area contributed by atoms with Crippen LogP contribution in [-0.4, -0.2) is 21.8 Å². The van der Waals surface area contributed by atoms with Crippen molar-refractivity contribution in [3.63, 3.8) is 0 Å². The highest BCUT2D eigenvalue weighted by Crippen LogP contribution is 2.42. The van der Waals surface area contributed by atoms with Gasteiger partial charge in [0, 0.05) is 21.8 Å². The van der Waals surface area contributed by atoms with Crippen LogP contribution in [0.25, 0.3) is 5.76 Å². The van der Waals surface area contributed by atoms with E-state index in [0.29, 0.717) is 10.0 Å². The normalized spacial score (nSPS) is 18.3. The van der Waals surface area contributed by atoms with Gasteiger partial charge >= 0.3 is 5.91 Å². The van der Waals surface area contributed by atoms with Gasteiger partial charge in [0.15, 0.2) is 0 Å². The summed E-state index contributed by atoms with van der Waals surface area (Å²) < 4.78 is 15.4. The molecule has 0 spiro atoms. The lowest BCUT2D eigenvalue weighted by molar-refractivity contribution is -0.132. The van der Waals surface area contributed by atoms with Crippen molar-refractivity contribution in [1.29, 1.82) is 0 Å². The van der Waals surface area contributed by atoms with Crippen LogP contribution in [0.3, 0.4) is 0 Å². The number of pyridine rings is 1. The maximum atomic E-state index is 14.7. The first-order valence-corrected chi connectivity index (χ1v) is 9.50. The van der Waals surface area contributed by atoms with E-state index < -0.39 is 23.5 Å². The van der Waals surface area contributed by atoms with Crippen molar-refractivity contribution in [2.75, 3.05) is 4.90 Å². The SMILES string of the molecule is O=C1C(=O)N(c2ccc(Br)cn2)[C@@H](c2ccccc2F)C1=C(O)c1ccccc1. The molecule has 1 fully saturated rings. The summed E-state index contributed by atoms with van der Waals surface area (Å²) in [5, 5.41) is 10.9. The summed E-state index contributed by atoms with van der Waals surface area (Å²) in [6.07, 6.45) is 1.48. The molecule has 1 N–H and O–H groups in total. The summed E-state index contributed by atoms with van der Waals surface area (Å²) in [5.74, 6) is -2.57. The van der Waals surface area contributed by atoms with Gasteiger partial charge in [0.05, 0.1) is 11.6 Å². The Morgan fingerprint density at radius 3 is 2.34 bits per heavy atom. The molecular formula is C22H14BrFN2O3. The van der Waals surface area contributed by atoms with E-state index in [1.165, 1.54) is 24.4 Å². The molecule has 5 nitrogen and oxygen atoms in total. The number of amides is 1. The second-order valence-electron chi connectivity index (χ2n) is 6.39. The lowest BCUT2D eigenvalue weighted by atomic mass is 9.95. The van der Waals surface area contributed by atoms with Crippen LogP contribution in [-0.2, 0) is 9.59 Å². The number of halogens is 2. The minimum atomic E-state index is -1.15. The van der Waals surface area contributed by atoms with Crippen LogP contribution in [0.15, 0.2) is 83.0 Å².